The van der Waals surface area contributed by atoms with E-state index in [0.717, 1.165) is 57.0 Å². The minimum atomic E-state index is -0.0736. The molecule has 0 amide bonds. The molecule has 1 aromatic rings. The molecule has 8 heteroatoms. The van der Waals surface area contributed by atoms with Gasteiger partial charge in [-0.3, -0.25) is 14.5 Å². The van der Waals surface area contributed by atoms with Crippen molar-refractivity contribution in [3.8, 4) is 0 Å². The Balaban J connectivity index is 0.00000392. The van der Waals surface area contributed by atoms with Crippen molar-refractivity contribution in [1.82, 2.24) is 20.4 Å². The third kappa shape index (κ3) is 9.25. The zero-order valence-electron chi connectivity index (χ0n) is 17.5. The topological polar surface area (TPSA) is 80.5 Å². The lowest BCUT2D eigenvalue weighted by atomic mass is 10.3. The summed E-state index contributed by atoms with van der Waals surface area (Å²) in [5.74, 6) is 0.727. The Bertz CT molecular complexity index is 612. The molecular weight excluding hydrogens is 469 g/mol. The average Bonchev–Trinajstić information content (AvgIpc) is 3.24. The first-order valence-corrected chi connectivity index (χ1v) is 10.3. The van der Waals surface area contributed by atoms with Gasteiger partial charge in [-0.1, -0.05) is 0 Å². The van der Waals surface area contributed by atoms with Crippen LogP contribution in [0.5, 0.6) is 0 Å². The third-order valence-corrected chi connectivity index (χ3v) is 4.70. The molecule has 28 heavy (non-hydrogen) atoms. The Hall–Kier alpha value is -1.32. The van der Waals surface area contributed by atoms with Crippen LogP contribution < -0.4 is 10.6 Å². The van der Waals surface area contributed by atoms with Crippen LogP contribution >= 0.6 is 24.0 Å². The predicted octanol–water partition coefficient (Wildman–Crippen LogP) is 3.33. The maximum absolute atomic E-state index is 11.8. The second-order valence-corrected chi connectivity index (χ2v) is 7.19. The number of aryl methyl sites for hydroxylation is 3. The monoisotopic (exact) mass is 505 g/mol. The number of hydrogen-bond donors (Lipinski definition) is 2. The molecule has 1 heterocycles. The van der Waals surface area contributed by atoms with E-state index in [2.05, 4.69) is 33.7 Å². The number of hydrogen-bond acceptors (Lipinski definition) is 4. The average molecular weight is 505 g/mol. The highest BCUT2D eigenvalue weighted by atomic mass is 127. The molecule has 2 rings (SSSR count). The van der Waals surface area contributed by atoms with Crippen molar-refractivity contribution in [3.63, 3.8) is 0 Å². The summed E-state index contributed by atoms with van der Waals surface area (Å²) >= 11 is 0. The second kappa shape index (κ2) is 13.8. The van der Waals surface area contributed by atoms with Crippen LogP contribution in [0, 0.1) is 13.8 Å². The van der Waals surface area contributed by atoms with Gasteiger partial charge in [0.05, 0.1) is 5.69 Å². The SMILES string of the molecule is CCNC(=NCCCn1nc(C)cc1C)NCCCC(=O)OC1CCCC1.I. The Morgan fingerprint density at radius 1 is 1.29 bits per heavy atom. The van der Waals surface area contributed by atoms with Gasteiger partial charge in [-0.25, -0.2) is 0 Å². The number of carbonyl (C=O) groups excluding carboxylic acids is 1. The Labute approximate surface area is 186 Å². The van der Waals surface area contributed by atoms with Gasteiger partial charge in [0.15, 0.2) is 5.96 Å². The maximum Gasteiger partial charge on any atom is 0.306 e. The zero-order chi connectivity index (χ0) is 19.5. The first-order valence-electron chi connectivity index (χ1n) is 10.3. The number of carbonyl (C=O) groups is 1. The quantitative estimate of drug-likeness (QED) is 0.168. The van der Waals surface area contributed by atoms with Crippen molar-refractivity contribution in [3.05, 3.63) is 17.5 Å². The van der Waals surface area contributed by atoms with Gasteiger partial charge in [-0.2, -0.15) is 5.10 Å². The highest BCUT2D eigenvalue weighted by Crippen LogP contribution is 2.21. The first-order chi connectivity index (χ1) is 13.1. The molecule has 0 spiro atoms. The summed E-state index contributed by atoms with van der Waals surface area (Å²) in [5.41, 5.74) is 2.24. The fourth-order valence-corrected chi connectivity index (χ4v) is 3.34. The molecule has 7 nitrogen and oxygen atoms in total. The van der Waals surface area contributed by atoms with E-state index in [1.807, 2.05) is 18.5 Å². The van der Waals surface area contributed by atoms with Crippen LogP contribution in [-0.4, -0.2) is 47.4 Å². The summed E-state index contributed by atoms with van der Waals surface area (Å²) in [6.45, 7) is 9.26. The summed E-state index contributed by atoms with van der Waals surface area (Å²) < 4.78 is 7.51. The standard InChI is InChI=1S/C20H35N5O2.HI/c1-4-21-20(23-13-8-14-25-17(3)15-16(2)24-25)22-12-7-11-19(26)27-18-9-5-6-10-18;/h15,18H,4-14H2,1-3H3,(H2,21,22,23);1H. The van der Waals surface area contributed by atoms with E-state index < -0.39 is 0 Å². The summed E-state index contributed by atoms with van der Waals surface area (Å²) in [4.78, 5) is 16.4. The molecule has 0 saturated heterocycles. The molecule has 0 unspecified atom stereocenters. The highest BCUT2D eigenvalue weighted by molar-refractivity contribution is 14.0. The van der Waals surface area contributed by atoms with E-state index in [1.54, 1.807) is 0 Å². The molecule has 0 radical (unpaired) electrons. The number of esters is 1. The summed E-state index contributed by atoms with van der Waals surface area (Å²) in [5, 5.41) is 11.0. The lowest BCUT2D eigenvalue weighted by Crippen LogP contribution is -2.38. The van der Waals surface area contributed by atoms with E-state index in [1.165, 1.54) is 18.5 Å². The largest absolute Gasteiger partial charge is 0.462 e. The van der Waals surface area contributed by atoms with Crippen molar-refractivity contribution >= 4 is 35.9 Å². The van der Waals surface area contributed by atoms with Gasteiger partial charge in [0.1, 0.15) is 6.10 Å². The molecule has 1 aromatic heterocycles. The van der Waals surface area contributed by atoms with Crippen LogP contribution in [0.15, 0.2) is 11.1 Å². The lowest BCUT2D eigenvalue weighted by Gasteiger charge is -2.13. The number of aromatic nitrogens is 2. The zero-order valence-corrected chi connectivity index (χ0v) is 19.8. The fraction of sp³-hybridized carbons (Fsp3) is 0.750. The van der Waals surface area contributed by atoms with Crippen molar-refractivity contribution in [2.24, 2.45) is 4.99 Å². The van der Waals surface area contributed by atoms with Crippen LogP contribution in [0.1, 0.15) is 63.3 Å². The van der Waals surface area contributed by atoms with E-state index in [4.69, 9.17) is 4.74 Å². The van der Waals surface area contributed by atoms with E-state index >= 15 is 0 Å². The summed E-state index contributed by atoms with van der Waals surface area (Å²) in [6.07, 6.45) is 6.72. The molecule has 1 fully saturated rings. The highest BCUT2D eigenvalue weighted by Gasteiger charge is 2.18. The smallest absolute Gasteiger partial charge is 0.306 e. The van der Waals surface area contributed by atoms with Crippen LogP contribution in [0.4, 0.5) is 0 Å². The van der Waals surface area contributed by atoms with Gasteiger partial charge in [0.25, 0.3) is 0 Å². The number of nitrogens with one attached hydrogen (secondary N) is 2. The van der Waals surface area contributed by atoms with Gasteiger partial charge in [-0.15, -0.1) is 24.0 Å². The number of rotatable bonds is 10. The van der Waals surface area contributed by atoms with Crippen LogP contribution in [0.3, 0.4) is 0 Å². The predicted molar refractivity (Wildman–Crippen MR) is 123 cm³/mol. The molecule has 1 aliphatic carbocycles. The molecule has 1 aliphatic rings. The molecule has 0 bridgehead atoms. The molecular formula is C20H36IN5O2. The van der Waals surface area contributed by atoms with Crippen molar-refractivity contribution < 1.29 is 9.53 Å². The maximum atomic E-state index is 11.8. The van der Waals surface area contributed by atoms with Gasteiger partial charge in [-0.05, 0) is 65.4 Å². The Kier molecular flexibility index (Phi) is 12.2. The minimum absolute atomic E-state index is 0. The van der Waals surface area contributed by atoms with E-state index in [-0.39, 0.29) is 36.0 Å². The van der Waals surface area contributed by atoms with E-state index in [0.29, 0.717) is 13.0 Å². The van der Waals surface area contributed by atoms with Crippen molar-refractivity contribution in [2.75, 3.05) is 19.6 Å². The van der Waals surface area contributed by atoms with Crippen LogP contribution in [0.2, 0.25) is 0 Å². The van der Waals surface area contributed by atoms with Crippen LogP contribution in [0.25, 0.3) is 0 Å². The third-order valence-electron chi connectivity index (χ3n) is 4.70. The molecule has 2 N–H and O–H groups in total. The van der Waals surface area contributed by atoms with Crippen molar-refractivity contribution in [2.45, 2.75) is 78.4 Å². The minimum Gasteiger partial charge on any atom is -0.462 e. The lowest BCUT2D eigenvalue weighted by molar-refractivity contribution is -0.148. The fourth-order valence-electron chi connectivity index (χ4n) is 3.34. The Morgan fingerprint density at radius 3 is 2.68 bits per heavy atom. The number of guanidine groups is 1. The molecule has 1 saturated carbocycles. The number of halogens is 1. The normalized spacial score (nSPS) is 14.6. The number of nitrogens with zero attached hydrogens (tertiary/aromatic N) is 3. The summed E-state index contributed by atoms with van der Waals surface area (Å²) in [6, 6.07) is 2.09. The molecule has 0 aromatic carbocycles. The second-order valence-electron chi connectivity index (χ2n) is 7.19. The van der Waals surface area contributed by atoms with E-state index in [9.17, 15) is 4.79 Å². The van der Waals surface area contributed by atoms with Crippen LogP contribution in [-0.2, 0) is 16.1 Å². The van der Waals surface area contributed by atoms with Gasteiger partial charge in [0, 0.05) is 38.3 Å². The van der Waals surface area contributed by atoms with Gasteiger partial charge in [0.2, 0.25) is 0 Å². The summed E-state index contributed by atoms with van der Waals surface area (Å²) in [7, 11) is 0. The molecule has 0 aliphatic heterocycles. The first kappa shape index (κ1) is 24.7. The van der Waals surface area contributed by atoms with Gasteiger partial charge >= 0.3 is 5.97 Å². The van der Waals surface area contributed by atoms with Gasteiger partial charge < -0.3 is 15.4 Å². The molecule has 0 atom stereocenters. The molecule has 160 valence electrons. The number of ether oxygens (including phenoxy) is 1. The van der Waals surface area contributed by atoms with Crippen molar-refractivity contribution in [1.29, 1.82) is 0 Å². The Morgan fingerprint density at radius 2 is 2.04 bits per heavy atom. The number of aliphatic imine (C=N–C) groups is 1.